The van der Waals surface area contributed by atoms with Gasteiger partial charge in [-0.05, 0) is 30.7 Å². The molecule has 0 spiro atoms. The second kappa shape index (κ2) is 6.56. The van der Waals surface area contributed by atoms with Gasteiger partial charge in [0.2, 0.25) is 0 Å². The van der Waals surface area contributed by atoms with Crippen molar-refractivity contribution in [1.29, 1.82) is 0 Å². The fourth-order valence-corrected chi connectivity index (χ4v) is 1.65. The summed E-state index contributed by atoms with van der Waals surface area (Å²) in [6, 6.07) is 9.95. The quantitative estimate of drug-likeness (QED) is 0.494. The van der Waals surface area contributed by atoms with Gasteiger partial charge in [0.1, 0.15) is 0 Å². The van der Waals surface area contributed by atoms with Gasteiger partial charge in [-0.1, -0.05) is 24.3 Å². The lowest BCUT2D eigenvalue weighted by Gasteiger charge is -2.05. The van der Waals surface area contributed by atoms with Crippen LogP contribution in [0.25, 0.3) is 5.69 Å². The third-order valence-corrected chi connectivity index (χ3v) is 2.71. The average molecular weight is 269 g/mol. The maximum atomic E-state index is 5.76. The van der Waals surface area contributed by atoms with Crippen molar-refractivity contribution in [2.24, 2.45) is 10.7 Å². The fourth-order valence-electron chi connectivity index (χ4n) is 1.65. The standard InChI is InChI=1S/C15H19N5/c1-12(2)10-17-15(16)18-11-13-4-6-14(7-5-13)20-9-3-8-19-20/h3-9H,1,10-11H2,2H3,(H3,16,17,18). The Bertz CT molecular complexity index is 581. The minimum atomic E-state index is 0.434. The predicted octanol–water partition coefficient (Wildman–Crippen LogP) is 1.85. The number of nitrogens with zero attached hydrogens (tertiary/aromatic N) is 3. The number of guanidine groups is 1. The van der Waals surface area contributed by atoms with Gasteiger partial charge in [-0.3, -0.25) is 0 Å². The summed E-state index contributed by atoms with van der Waals surface area (Å²) in [5.41, 5.74) is 8.90. The Morgan fingerprint density at radius 1 is 1.40 bits per heavy atom. The molecule has 0 aliphatic carbocycles. The molecule has 0 bridgehead atoms. The highest BCUT2D eigenvalue weighted by atomic mass is 15.3. The molecule has 1 aromatic heterocycles. The SMILES string of the molecule is C=C(C)CNC(N)=NCc1ccc(-n2cccn2)cc1. The van der Waals surface area contributed by atoms with E-state index in [9.17, 15) is 0 Å². The van der Waals surface area contributed by atoms with Gasteiger partial charge < -0.3 is 11.1 Å². The molecule has 5 nitrogen and oxygen atoms in total. The van der Waals surface area contributed by atoms with Gasteiger partial charge in [-0.25, -0.2) is 9.67 Å². The van der Waals surface area contributed by atoms with Gasteiger partial charge in [0.15, 0.2) is 5.96 Å². The highest BCUT2D eigenvalue weighted by Crippen LogP contribution is 2.09. The number of rotatable bonds is 5. The van der Waals surface area contributed by atoms with E-state index in [0.717, 1.165) is 16.8 Å². The molecule has 2 rings (SSSR count). The summed E-state index contributed by atoms with van der Waals surface area (Å²) in [6.07, 6.45) is 3.67. The Balaban J connectivity index is 1.94. The van der Waals surface area contributed by atoms with Crippen LogP contribution in [-0.4, -0.2) is 22.3 Å². The molecule has 1 aromatic carbocycles. The lowest BCUT2D eigenvalue weighted by Crippen LogP contribution is -2.32. The molecule has 1 heterocycles. The molecule has 0 saturated heterocycles. The summed E-state index contributed by atoms with van der Waals surface area (Å²) in [5.74, 6) is 0.434. The van der Waals surface area contributed by atoms with Crippen LogP contribution in [0.1, 0.15) is 12.5 Å². The largest absolute Gasteiger partial charge is 0.370 e. The molecule has 0 aliphatic rings. The Morgan fingerprint density at radius 3 is 2.75 bits per heavy atom. The van der Waals surface area contributed by atoms with Crippen LogP contribution in [0, 0.1) is 0 Å². The second-order valence-electron chi connectivity index (χ2n) is 4.63. The van der Waals surface area contributed by atoms with E-state index in [-0.39, 0.29) is 0 Å². The first kappa shape index (κ1) is 13.9. The molecule has 5 heteroatoms. The van der Waals surface area contributed by atoms with Crippen LogP contribution < -0.4 is 11.1 Å². The number of nitrogens with one attached hydrogen (secondary N) is 1. The van der Waals surface area contributed by atoms with Crippen molar-refractivity contribution in [3.63, 3.8) is 0 Å². The number of hydrogen-bond acceptors (Lipinski definition) is 2. The molecular formula is C15H19N5. The number of hydrogen-bond donors (Lipinski definition) is 2. The van der Waals surface area contributed by atoms with Gasteiger partial charge in [0.25, 0.3) is 0 Å². The van der Waals surface area contributed by atoms with Gasteiger partial charge in [-0.2, -0.15) is 5.10 Å². The Kier molecular flexibility index (Phi) is 4.55. The second-order valence-corrected chi connectivity index (χ2v) is 4.63. The van der Waals surface area contributed by atoms with Gasteiger partial charge in [0.05, 0.1) is 12.2 Å². The number of aliphatic imine (C=N–C) groups is 1. The van der Waals surface area contributed by atoms with Crippen molar-refractivity contribution < 1.29 is 0 Å². The molecule has 0 radical (unpaired) electrons. The van der Waals surface area contributed by atoms with Crippen molar-refractivity contribution in [2.45, 2.75) is 13.5 Å². The highest BCUT2D eigenvalue weighted by molar-refractivity contribution is 5.78. The van der Waals surface area contributed by atoms with Crippen molar-refractivity contribution >= 4 is 5.96 Å². The number of aromatic nitrogens is 2. The Labute approximate surface area is 118 Å². The van der Waals surface area contributed by atoms with Crippen LogP contribution in [0.5, 0.6) is 0 Å². The van der Waals surface area contributed by atoms with Crippen LogP contribution in [0.4, 0.5) is 0 Å². The van der Waals surface area contributed by atoms with E-state index in [1.54, 1.807) is 6.20 Å². The molecule has 0 aliphatic heterocycles. The van der Waals surface area contributed by atoms with Gasteiger partial charge in [0, 0.05) is 18.9 Å². The van der Waals surface area contributed by atoms with Crippen LogP contribution in [0.15, 0.2) is 59.9 Å². The van der Waals surface area contributed by atoms with E-state index in [1.807, 2.05) is 48.1 Å². The van der Waals surface area contributed by atoms with E-state index < -0.39 is 0 Å². The summed E-state index contributed by atoms with van der Waals surface area (Å²) in [5, 5.41) is 7.18. The van der Waals surface area contributed by atoms with Crippen molar-refractivity contribution in [3.05, 3.63) is 60.4 Å². The molecule has 3 N–H and O–H groups in total. The normalized spacial score (nSPS) is 11.3. The average Bonchev–Trinajstić information content (AvgIpc) is 2.97. The smallest absolute Gasteiger partial charge is 0.189 e. The molecular weight excluding hydrogens is 250 g/mol. The molecule has 0 saturated carbocycles. The van der Waals surface area contributed by atoms with Crippen molar-refractivity contribution in [3.8, 4) is 5.69 Å². The van der Waals surface area contributed by atoms with Crippen LogP contribution in [0.3, 0.4) is 0 Å². The topological polar surface area (TPSA) is 68.2 Å². The molecule has 0 atom stereocenters. The number of benzene rings is 1. The minimum Gasteiger partial charge on any atom is -0.370 e. The molecule has 0 unspecified atom stereocenters. The van der Waals surface area contributed by atoms with Crippen LogP contribution >= 0.6 is 0 Å². The molecule has 0 fully saturated rings. The van der Waals surface area contributed by atoms with Crippen LogP contribution in [0.2, 0.25) is 0 Å². The minimum absolute atomic E-state index is 0.434. The van der Waals surface area contributed by atoms with Crippen molar-refractivity contribution in [1.82, 2.24) is 15.1 Å². The fraction of sp³-hybridized carbons (Fsp3) is 0.200. The molecule has 2 aromatic rings. The van der Waals surface area contributed by atoms with E-state index in [0.29, 0.717) is 19.0 Å². The molecule has 20 heavy (non-hydrogen) atoms. The van der Waals surface area contributed by atoms with E-state index in [4.69, 9.17) is 5.73 Å². The Morgan fingerprint density at radius 2 is 2.15 bits per heavy atom. The summed E-state index contributed by atoms with van der Waals surface area (Å²) in [7, 11) is 0. The highest BCUT2D eigenvalue weighted by Gasteiger charge is 1.97. The third-order valence-electron chi connectivity index (χ3n) is 2.71. The maximum Gasteiger partial charge on any atom is 0.189 e. The first-order chi connectivity index (χ1) is 9.65. The molecule has 0 amide bonds. The lowest BCUT2D eigenvalue weighted by molar-refractivity contribution is 0.878. The first-order valence-electron chi connectivity index (χ1n) is 6.42. The lowest BCUT2D eigenvalue weighted by atomic mass is 10.2. The summed E-state index contributed by atoms with van der Waals surface area (Å²) in [4.78, 5) is 4.28. The Hall–Kier alpha value is -2.56. The zero-order chi connectivity index (χ0) is 14.4. The first-order valence-corrected chi connectivity index (χ1v) is 6.42. The van der Waals surface area contributed by atoms with E-state index in [2.05, 4.69) is 22.0 Å². The van der Waals surface area contributed by atoms with Crippen molar-refractivity contribution in [2.75, 3.05) is 6.54 Å². The van der Waals surface area contributed by atoms with E-state index in [1.165, 1.54) is 0 Å². The number of nitrogens with two attached hydrogens (primary N) is 1. The zero-order valence-electron chi connectivity index (χ0n) is 11.6. The maximum absolute atomic E-state index is 5.76. The summed E-state index contributed by atoms with van der Waals surface area (Å²) in [6.45, 7) is 6.93. The summed E-state index contributed by atoms with van der Waals surface area (Å²) >= 11 is 0. The van der Waals surface area contributed by atoms with Gasteiger partial charge in [-0.15, -0.1) is 0 Å². The van der Waals surface area contributed by atoms with Gasteiger partial charge >= 0.3 is 0 Å². The van der Waals surface area contributed by atoms with Crippen LogP contribution in [-0.2, 0) is 6.54 Å². The molecule has 104 valence electrons. The third kappa shape index (κ3) is 3.98. The predicted molar refractivity (Wildman–Crippen MR) is 81.7 cm³/mol. The zero-order valence-corrected chi connectivity index (χ0v) is 11.6. The summed E-state index contributed by atoms with van der Waals surface area (Å²) < 4.78 is 1.82. The monoisotopic (exact) mass is 269 g/mol. The van der Waals surface area contributed by atoms with E-state index >= 15 is 0 Å².